The second-order valence-electron chi connectivity index (χ2n) is 11.8. The number of aryl methyl sites for hydroxylation is 1. The highest BCUT2D eigenvalue weighted by Crippen LogP contribution is 2.20. The van der Waals surface area contributed by atoms with Crippen molar-refractivity contribution in [3.8, 4) is 23.2 Å². The Balaban J connectivity index is 0.789. The lowest BCUT2D eigenvalue weighted by molar-refractivity contribution is 0.577. The maximum atomic E-state index is 13.1. The van der Waals surface area contributed by atoms with E-state index in [0.29, 0.717) is 48.6 Å². The van der Waals surface area contributed by atoms with Crippen LogP contribution in [0.5, 0.6) is 0 Å². The Kier molecular flexibility index (Phi) is 8.76. The van der Waals surface area contributed by atoms with E-state index in [-0.39, 0.29) is 35.7 Å². The van der Waals surface area contributed by atoms with Gasteiger partial charge in [-0.05, 0) is 66.4 Å². The Morgan fingerprint density at radius 3 is 1.94 bits per heavy atom. The lowest BCUT2D eigenvalue weighted by Gasteiger charge is -2.09. The van der Waals surface area contributed by atoms with E-state index in [2.05, 4.69) is 67.9 Å². The normalized spacial score (nSPS) is 11.8. The number of aromatic nitrogens is 11. The number of rotatable bonds is 14. The first-order valence-corrected chi connectivity index (χ1v) is 18.0. The van der Waals surface area contributed by atoms with Crippen LogP contribution in [0.25, 0.3) is 34.7 Å². The molecule has 0 atom stereocenters. The number of nitrogen functional groups attached to an aromatic ring is 2. The van der Waals surface area contributed by atoms with E-state index in [0.717, 1.165) is 28.9 Å². The summed E-state index contributed by atoms with van der Waals surface area (Å²) < 4.78 is 39.4. The first-order chi connectivity index (χ1) is 25.8. The maximum Gasteiger partial charge on any atom is 0.259 e. The summed E-state index contributed by atoms with van der Waals surface area (Å²) >= 11 is 0. The Morgan fingerprint density at radius 2 is 1.30 bits per heavy atom. The number of hydrogen-bond donors (Lipinski definition) is 4. The molecule has 53 heavy (non-hydrogen) atoms. The van der Waals surface area contributed by atoms with Gasteiger partial charge in [0.25, 0.3) is 16.7 Å². The van der Waals surface area contributed by atoms with Crippen molar-refractivity contribution in [1.29, 1.82) is 0 Å². The number of fused-ring (bicyclic) bond motifs is 2. The van der Waals surface area contributed by atoms with Crippen LogP contribution in [0.2, 0.25) is 0 Å². The number of nitrogens with zero attached hydrogens (tertiary/aromatic N) is 11. The molecular weight excluding hydrogens is 703 g/mol. The number of sulfone groups is 1. The second-order valence-corrected chi connectivity index (χ2v) is 13.8. The quantitative estimate of drug-likeness (QED) is 0.125. The van der Waals surface area contributed by atoms with Crippen molar-refractivity contribution in [3.63, 3.8) is 0 Å². The number of nitrogens with one attached hydrogen (secondary N) is 2. The molecule has 7 heterocycles. The molecule has 1 aromatic carbocycles. The topological polar surface area (TPSA) is 261 Å². The van der Waals surface area contributed by atoms with Crippen molar-refractivity contribution in [2.75, 3.05) is 40.9 Å². The van der Waals surface area contributed by atoms with Gasteiger partial charge < -0.3 is 30.9 Å². The van der Waals surface area contributed by atoms with Gasteiger partial charge in [-0.3, -0.25) is 4.98 Å². The van der Waals surface area contributed by atoms with Gasteiger partial charge in [-0.2, -0.15) is 38.9 Å². The van der Waals surface area contributed by atoms with Crippen molar-refractivity contribution >= 4 is 44.9 Å². The molecule has 0 spiro atoms. The van der Waals surface area contributed by atoms with Crippen molar-refractivity contribution in [1.82, 2.24) is 54.1 Å². The summed E-state index contributed by atoms with van der Waals surface area (Å²) in [5, 5.41) is 14.7. The van der Waals surface area contributed by atoms with Gasteiger partial charge in [0.15, 0.2) is 11.5 Å². The summed E-state index contributed by atoms with van der Waals surface area (Å²) in [6.45, 7) is 1.25. The molecule has 268 valence electrons. The van der Waals surface area contributed by atoms with E-state index < -0.39 is 15.0 Å². The first kappa shape index (κ1) is 33.2. The molecule has 0 bridgehead atoms. The van der Waals surface area contributed by atoms with E-state index in [1.54, 1.807) is 36.7 Å². The molecule has 0 aliphatic carbocycles. The molecular formula is C33H31N15O4S. The molecule has 0 aliphatic heterocycles. The van der Waals surface area contributed by atoms with Crippen LogP contribution >= 0.6 is 0 Å². The van der Waals surface area contributed by atoms with Gasteiger partial charge >= 0.3 is 0 Å². The highest BCUT2D eigenvalue weighted by molar-refractivity contribution is 7.91. The zero-order valence-electron chi connectivity index (χ0n) is 27.9. The smallest absolute Gasteiger partial charge is 0.259 e. The summed E-state index contributed by atoms with van der Waals surface area (Å²) in [7, 11) is -3.87. The van der Waals surface area contributed by atoms with Crippen molar-refractivity contribution in [2.24, 2.45) is 0 Å². The molecule has 7 aromatic heterocycles. The fourth-order valence-electron chi connectivity index (χ4n) is 5.37. The Hall–Kier alpha value is -6.96. The van der Waals surface area contributed by atoms with Gasteiger partial charge in [-0.15, -0.1) is 10.2 Å². The summed E-state index contributed by atoms with van der Waals surface area (Å²) in [5.41, 5.74) is 15.8. The summed E-state index contributed by atoms with van der Waals surface area (Å²) in [4.78, 5) is 29.9. The monoisotopic (exact) mass is 733 g/mol. The minimum Gasteiger partial charge on any atom is -0.461 e. The molecule has 0 amide bonds. The average Bonchev–Trinajstić information content (AvgIpc) is 3.99. The fourth-order valence-corrected chi connectivity index (χ4v) is 6.51. The lowest BCUT2D eigenvalue weighted by atomic mass is 10.1. The number of furan rings is 2. The molecule has 0 fully saturated rings. The Morgan fingerprint density at radius 1 is 0.660 bits per heavy atom. The van der Waals surface area contributed by atoms with E-state index in [1.165, 1.54) is 15.3 Å². The summed E-state index contributed by atoms with van der Waals surface area (Å²) in [6, 6.07) is 18.8. The molecule has 0 saturated heterocycles. The summed E-state index contributed by atoms with van der Waals surface area (Å²) in [6.07, 6.45) is 6.34. The second kappa shape index (κ2) is 14.0. The van der Waals surface area contributed by atoms with E-state index in [9.17, 15) is 8.42 Å². The number of pyridine rings is 1. The molecule has 20 heteroatoms. The molecule has 0 unspecified atom stereocenters. The number of hydrogen-bond acceptors (Lipinski definition) is 17. The van der Waals surface area contributed by atoms with Crippen LogP contribution in [-0.4, -0.2) is 81.4 Å². The third kappa shape index (κ3) is 7.28. The van der Waals surface area contributed by atoms with E-state index >= 15 is 0 Å². The van der Waals surface area contributed by atoms with Crippen LogP contribution in [0.4, 0.5) is 23.5 Å². The van der Waals surface area contributed by atoms with Crippen molar-refractivity contribution in [2.45, 2.75) is 24.4 Å². The zero-order chi connectivity index (χ0) is 36.4. The van der Waals surface area contributed by atoms with Crippen LogP contribution in [0.15, 0.2) is 93.4 Å². The number of nitrogens with two attached hydrogens (primary N) is 2. The molecule has 8 aromatic rings. The third-order valence-electron chi connectivity index (χ3n) is 8.11. The minimum atomic E-state index is -3.87. The van der Waals surface area contributed by atoms with Gasteiger partial charge in [0, 0.05) is 37.1 Å². The molecule has 19 nitrogen and oxygen atoms in total. The Labute approximate surface area is 300 Å². The van der Waals surface area contributed by atoms with Crippen molar-refractivity contribution in [3.05, 3.63) is 96.2 Å². The number of anilines is 4. The highest BCUT2D eigenvalue weighted by atomic mass is 32.2. The van der Waals surface area contributed by atoms with Crippen LogP contribution in [0.3, 0.4) is 0 Å². The average molecular weight is 734 g/mol. The van der Waals surface area contributed by atoms with Gasteiger partial charge in [0.05, 0.1) is 18.3 Å². The van der Waals surface area contributed by atoms with E-state index in [4.69, 9.17) is 20.3 Å². The molecule has 0 aliphatic rings. The molecule has 6 N–H and O–H groups in total. The van der Waals surface area contributed by atoms with Crippen LogP contribution in [-0.2, 0) is 29.1 Å². The van der Waals surface area contributed by atoms with Gasteiger partial charge in [-0.25, -0.2) is 8.42 Å². The molecule has 8 rings (SSSR count). The van der Waals surface area contributed by atoms with Gasteiger partial charge in [0.1, 0.15) is 0 Å². The standard InChI is InChI=1S/C33H31N15O4S/c34-28-41-30(43-31-39-26(45-47(28)31)24-3-1-16-51-24)37-14-11-20-5-8-22(9-6-20)36-15-12-23-10-7-21(19-38-23)13-18-53(49,50)33-42-29(35)48-32(44-33)40-27(46-48)25-4-2-17-52-25/h1-10,16-17,19,36H,11-15,18H2,(H2,35,40,42,44,46)(H3,34,37,39,41,43,45). The largest absolute Gasteiger partial charge is 0.461 e. The third-order valence-corrected chi connectivity index (χ3v) is 9.59. The lowest BCUT2D eigenvalue weighted by Crippen LogP contribution is -2.16. The predicted octanol–water partition coefficient (Wildman–Crippen LogP) is 2.76. The minimum absolute atomic E-state index is 0.00720. The predicted molar refractivity (Wildman–Crippen MR) is 192 cm³/mol. The highest BCUT2D eigenvalue weighted by Gasteiger charge is 2.23. The van der Waals surface area contributed by atoms with Crippen LogP contribution in [0, 0.1) is 0 Å². The van der Waals surface area contributed by atoms with E-state index in [1.807, 2.05) is 24.3 Å². The number of benzene rings is 1. The van der Waals surface area contributed by atoms with Crippen LogP contribution in [0.1, 0.15) is 16.8 Å². The zero-order valence-corrected chi connectivity index (χ0v) is 28.7. The Bertz CT molecular complexity index is 2600. The van der Waals surface area contributed by atoms with Crippen molar-refractivity contribution < 1.29 is 17.3 Å². The van der Waals surface area contributed by atoms with Crippen LogP contribution < -0.4 is 22.1 Å². The maximum absolute atomic E-state index is 13.1. The SMILES string of the molecule is Nc1nc(NCCc2ccc(NCCc3ccc(CCS(=O)(=O)c4nc(N)n5nc(-c6ccco6)nc5n4)cn3)cc2)nc2nc(-c3ccco3)nn12. The molecule has 0 saturated carbocycles. The van der Waals surface area contributed by atoms with Gasteiger partial charge in [-0.1, -0.05) is 18.2 Å². The summed E-state index contributed by atoms with van der Waals surface area (Å²) in [5.74, 6) is 1.98. The molecule has 0 radical (unpaired) electrons. The van der Waals surface area contributed by atoms with Gasteiger partial charge in [0.2, 0.25) is 39.3 Å². The fraction of sp³-hybridized carbons (Fsp3) is 0.182. The first-order valence-electron chi connectivity index (χ1n) is 16.4.